The molecule has 1 heterocycles. The Bertz CT molecular complexity index is 399. The molecule has 1 N–H and O–H groups in total. The standard InChI is InChI=1S/C16H25N3O/c1-2-13-3-5-14(6-4-13)11-18-16(20)8-7-15-9-10-17-12-19-15/h9-10,12-14H,2-8,11H2,1H3,(H,18,20). The number of nitrogens with one attached hydrogen (secondary N) is 1. The highest BCUT2D eigenvalue weighted by Crippen LogP contribution is 2.30. The van der Waals surface area contributed by atoms with Crippen molar-refractivity contribution < 1.29 is 4.79 Å². The Labute approximate surface area is 121 Å². The summed E-state index contributed by atoms with van der Waals surface area (Å²) in [7, 11) is 0. The van der Waals surface area contributed by atoms with Gasteiger partial charge >= 0.3 is 0 Å². The maximum absolute atomic E-state index is 11.8. The van der Waals surface area contributed by atoms with Crippen molar-refractivity contribution in [3.63, 3.8) is 0 Å². The van der Waals surface area contributed by atoms with E-state index in [1.165, 1.54) is 38.4 Å². The third kappa shape index (κ3) is 4.91. The number of carbonyl (C=O) groups is 1. The minimum atomic E-state index is 0.140. The van der Waals surface area contributed by atoms with Crippen molar-refractivity contribution in [3.8, 4) is 0 Å². The average molecular weight is 275 g/mol. The fraction of sp³-hybridized carbons (Fsp3) is 0.688. The number of carbonyl (C=O) groups excluding carboxylic acids is 1. The molecule has 20 heavy (non-hydrogen) atoms. The Kier molecular flexibility index (Phi) is 5.96. The van der Waals surface area contributed by atoms with E-state index in [0.29, 0.717) is 18.8 Å². The number of nitrogens with zero attached hydrogens (tertiary/aromatic N) is 2. The summed E-state index contributed by atoms with van der Waals surface area (Å²) in [6.45, 7) is 3.12. The van der Waals surface area contributed by atoms with Gasteiger partial charge in [0.1, 0.15) is 6.33 Å². The van der Waals surface area contributed by atoms with Crippen LogP contribution in [-0.2, 0) is 11.2 Å². The van der Waals surface area contributed by atoms with Crippen molar-refractivity contribution in [2.24, 2.45) is 11.8 Å². The van der Waals surface area contributed by atoms with Gasteiger partial charge in [-0.25, -0.2) is 9.97 Å². The number of amides is 1. The van der Waals surface area contributed by atoms with E-state index in [-0.39, 0.29) is 5.91 Å². The lowest BCUT2D eigenvalue weighted by molar-refractivity contribution is -0.121. The molecule has 1 saturated carbocycles. The van der Waals surface area contributed by atoms with Gasteiger partial charge in [0.05, 0.1) is 0 Å². The Morgan fingerprint density at radius 3 is 2.70 bits per heavy atom. The van der Waals surface area contributed by atoms with Crippen LogP contribution in [-0.4, -0.2) is 22.4 Å². The van der Waals surface area contributed by atoms with E-state index in [1.54, 1.807) is 6.20 Å². The van der Waals surface area contributed by atoms with Crippen LogP contribution in [0.3, 0.4) is 0 Å². The van der Waals surface area contributed by atoms with Gasteiger partial charge in [-0.1, -0.05) is 26.2 Å². The highest BCUT2D eigenvalue weighted by Gasteiger charge is 2.20. The Morgan fingerprint density at radius 2 is 2.05 bits per heavy atom. The molecule has 0 aromatic carbocycles. The molecule has 4 nitrogen and oxygen atoms in total. The first-order valence-corrected chi connectivity index (χ1v) is 7.79. The molecule has 0 aliphatic heterocycles. The molecule has 0 spiro atoms. The lowest BCUT2D eigenvalue weighted by Crippen LogP contribution is -2.31. The minimum Gasteiger partial charge on any atom is -0.356 e. The average Bonchev–Trinajstić information content (AvgIpc) is 2.52. The predicted octanol–water partition coefficient (Wildman–Crippen LogP) is 2.74. The van der Waals surface area contributed by atoms with Gasteiger partial charge in [-0.2, -0.15) is 0 Å². The van der Waals surface area contributed by atoms with Crippen molar-refractivity contribution in [1.29, 1.82) is 0 Å². The maximum Gasteiger partial charge on any atom is 0.220 e. The SMILES string of the molecule is CCC1CCC(CNC(=O)CCc2ccncn2)CC1. The van der Waals surface area contributed by atoms with E-state index in [0.717, 1.165) is 18.2 Å². The van der Waals surface area contributed by atoms with Crippen LogP contribution in [0.25, 0.3) is 0 Å². The van der Waals surface area contributed by atoms with Crippen LogP contribution in [0.15, 0.2) is 18.6 Å². The second-order valence-electron chi connectivity index (χ2n) is 5.80. The molecule has 4 heteroatoms. The van der Waals surface area contributed by atoms with Gasteiger partial charge in [-0.05, 0) is 37.2 Å². The highest BCUT2D eigenvalue weighted by atomic mass is 16.1. The zero-order valence-electron chi connectivity index (χ0n) is 12.3. The van der Waals surface area contributed by atoms with Gasteiger partial charge in [0.15, 0.2) is 0 Å². The minimum absolute atomic E-state index is 0.140. The maximum atomic E-state index is 11.8. The molecule has 0 radical (unpaired) electrons. The third-order valence-electron chi connectivity index (χ3n) is 4.38. The molecule has 1 aliphatic rings. The first-order valence-electron chi connectivity index (χ1n) is 7.79. The predicted molar refractivity (Wildman–Crippen MR) is 79.1 cm³/mol. The fourth-order valence-electron chi connectivity index (χ4n) is 2.90. The van der Waals surface area contributed by atoms with Gasteiger partial charge in [-0.3, -0.25) is 4.79 Å². The number of rotatable bonds is 6. The zero-order chi connectivity index (χ0) is 14.2. The van der Waals surface area contributed by atoms with Crippen LogP contribution in [0.4, 0.5) is 0 Å². The second kappa shape index (κ2) is 7.98. The van der Waals surface area contributed by atoms with Gasteiger partial charge < -0.3 is 5.32 Å². The molecule has 2 rings (SSSR count). The summed E-state index contributed by atoms with van der Waals surface area (Å²) in [5.41, 5.74) is 0.929. The van der Waals surface area contributed by atoms with Crippen molar-refractivity contribution in [2.75, 3.05) is 6.54 Å². The largest absolute Gasteiger partial charge is 0.356 e. The summed E-state index contributed by atoms with van der Waals surface area (Å²) < 4.78 is 0. The fourth-order valence-corrected chi connectivity index (χ4v) is 2.90. The summed E-state index contributed by atoms with van der Waals surface area (Å²) in [5, 5.41) is 3.07. The summed E-state index contributed by atoms with van der Waals surface area (Å²) in [4.78, 5) is 19.8. The quantitative estimate of drug-likeness (QED) is 0.868. The molecule has 1 aliphatic carbocycles. The van der Waals surface area contributed by atoms with Gasteiger partial charge in [0, 0.05) is 24.9 Å². The molecular weight excluding hydrogens is 250 g/mol. The van der Waals surface area contributed by atoms with E-state index in [4.69, 9.17) is 0 Å². The van der Waals surface area contributed by atoms with Crippen LogP contribution >= 0.6 is 0 Å². The summed E-state index contributed by atoms with van der Waals surface area (Å²) >= 11 is 0. The Balaban J connectivity index is 1.61. The molecule has 0 atom stereocenters. The molecule has 1 aromatic heterocycles. The lowest BCUT2D eigenvalue weighted by Gasteiger charge is -2.27. The normalized spacial score (nSPS) is 22.4. The number of hydrogen-bond donors (Lipinski definition) is 1. The second-order valence-corrected chi connectivity index (χ2v) is 5.80. The molecule has 110 valence electrons. The molecule has 0 unspecified atom stereocenters. The first-order chi connectivity index (χ1) is 9.78. The smallest absolute Gasteiger partial charge is 0.220 e. The lowest BCUT2D eigenvalue weighted by atomic mass is 9.81. The van der Waals surface area contributed by atoms with Gasteiger partial charge in [0.25, 0.3) is 0 Å². The summed E-state index contributed by atoms with van der Waals surface area (Å²) in [5.74, 6) is 1.74. The van der Waals surface area contributed by atoms with Crippen LogP contribution in [0.2, 0.25) is 0 Å². The topological polar surface area (TPSA) is 54.9 Å². The van der Waals surface area contributed by atoms with Gasteiger partial charge in [-0.15, -0.1) is 0 Å². The van der Waals surface area contributed by atoms with E-state index >= 15 is 0 Å². The number of aromatic nitrogens is 2. The molecule has 0 bridgehead atoms. The zero-order valence-corrected chi connectivity index (χ0v) is 12.3. The Hall–Kier alpha value is -1.45. The number of aryl methyl sites for hydroxylation is 1. The molecule has 1 amide bonds. The molecular formula is C16H25N3O. The summed E-state index contributed by atoms with van der Waals surface area (Å²) in [6, 6.07) is 1.86. The van der Waals surface area contributed by atoms with E-state index in [9.17, 15) is 4.79 Å². The van der Waals surface area contributed by atoms with Crippen LogP contribution in [0.5, 0.6) is 0 Å². The van der Waals surface area contributed by atoms with Crippen LogP contribution < -0.4 is 5.32 Å². The van der Waals surface area contributed by atoms with Crippen molar-refractivity contribution >= 4 is 5.91 Å². The Morgan fingerprint density at radius 1 is 1.30 bits per heavy atom. The number of hydrogen-bond acceptors (Lipinski definition) is 3. The third-order valence-corrected chi connectivity index (χ3v) is 4.38. The van der Waals surface area contributed by atoms with E-state index in [1.807, 2.05) is 6.07 Å². The van der Waals surface area contributed by atoms with E-state index < -0.39 is 0 Å². The molecule has 0 saturated heterocycles. The van der Waals surface area contributed by atoms with Crippen molar-refractivity contribution in [3.05, 3.63) is 24.3 Å². The summed E-state index contributed by atoms with van der Waals surface area (Å²) in [6.07, 6.45) is 11.0. The highest BCUT2D eigenvalue weighted by molar-refractivity contribution is 5.76. The van der Waals surface area contributed by atoms with Crippen molar-refractivity contribution in [1.82, 2.24) is 15.3 Å². The molecule has 1 fully saturated rings. The van der Waals surface area contributed by atoms with Crippen molar-refractivity contribution in [2.45, 2.75) is 51.9 Å². The first kappa shape index (κ1) is 14.9. The molecule has 1 aromatic rings. The van der Waals surface area contributed by atoms with E-state index in [2.05, 4.69) is 22.2 Å². The van der Waals surface area contributed by atoms with Crippen LogP contribution in [0.1, 0.15) is 51.1 Å². The van der Waals surface area contributed by atoms with Crippen LogP contribution in [0, 0.1) is 11.8 Å². The monoisotopic (exact) mass is 275 g/mol. The van der Waals surface area contributed by atoms with Gasteiger partial charge in [0.2, 0.25) is 5.91 Å².